The predicted molar refractivity (Wildman–Crippen MR) is 63.7 cm³/mol. The first-order valence-electron chi connectivity index (χ1n) is 4.54. The van der Waals surface area contributed by atoms with Crippen LogP contribution < -0.4 is 4.87 Å². The van der Waals surface area contributed by atoms with Gasteiger partial charge in [0.1, 0.15) is 4.88 Å². The molecule has 0 spiro atoms. The Kier molecular flexibility index (Phi) is 2.93. The van der Waals surface area contributed by atoms with Crippen molar-refractivity contribution < 1.29 is 9.90 Å². The van der Waals surface area contributed by atoms with Gasteiger partial charge in [0.2, 0.25) is 0 Å². The lowest BCUT2D eigenvalue weighted by Gasteiger charge is -2.03. The van der Waals surface area contributed by atoms with Crippen LogP contribution in [0.15, 0.2) is 21.6 Å². The van der Waals surface area contributed by atoms with Crippen molar-refractivity contribution in [3.8, 4) is 0 Å². The van der Waals surface area contributed by atoms with Crippen LogP contribution in [0.5, 0.6) is 0 Å². The highest BCUT2D eigenvalue weighted by atomic mass is 32.1. The van der Waals surface area contributed by atoms with Gasteiger partial charge in [0.15, 0.2) is 0 Å². The van der Waals surface area contributed by atoms with Crippen molar-refractivity contribution in [1.29, 1.82) is 0 Å². The lowest BCUT2D eigenvalue weighted by atomic mass is 10.2. The first kappa shape index (κ1) is 11.1. The Bertz CT molecular complexity index is 579. The molecule has 0 aliphatic heterocycles. The summed E-state index contributed by atoms with van der Waals surface area (Å²) in [4.78, 5) is 22.6. The highest BCUT2D eigenvalue weighted by Gasteiger charge is 2.13. The van der Waals surface area contributed by atoms with E-state index in [2.05, 4.69) is 0 Å². The van der Waals surface area contributed by atoms with Crippen molar-refractivity contribution in [3.63, 3.8) is 0 Å². The Balaban J connectivity index is 2.38. The lowest BCUT2D eigenvalue weighted by molar-refractivity contribution is 0.0701. The number of thiazole rings is 1. The maximum atomic E-state index is 11.5. The number of aromatic carboxylic acids is 1. The SMILES string of the molecule is Cc1csc(=O)n1Cc1ccsc1C(=O)O. The summed E-state index contributed by atoms with van der Waals surface area (Å²) >= 11 is 2.31. The summed E-state index contributed by atoms with van der Waals surface area (Å²) in [5.74, 6) is -0.939. The molecule has 1 N–H and O–H groups in total. The minimum Gasteiger partial charge on any atom is -0.477 e. The molecule has 0 atom stereocenters. The molecule has 84 valence electrons. The van der Waals surface area contributed by atoms with Gasteiger partial charge in [-0.1, -0.05) is 11.3 Å². The standard InChI is InChI=1S/C10H9NO3S2/c1-6-5-16-10(14)11(6)4-7-2-3-15-8(7)9(12)13/h2-3,5H,4H2,1H3,(H,12,13). The maximum absolute atomic E-state index is 11.5. The van der Waals surface area contributed by atoms with Crippen LogP contribution in [0.3, 0.4) is 0 Å². The molecule has 0 bridgehead atoms. The Morgan fingerprint density at radius 2 is 2.25 bits per heavy atom. The normalized spacial score (nSPS) is 10.6. The summed E-state index contributed by atoms with van der Waals surface area (Å²) in [6.45, 7) is 2.17. The third kappa shape index (κ3) is 1.94. The largest absolute Gasteiger partial charge is 0.477 e. The molecule has 2 rings (SSSR count). The van der Waals surface area contributed by atoms with Gasteiger partial charge in [-0.3, -0.25) is 9.36 Å². The first-order valence-corrected chi connectivity index (χ1v) is 6.30. The van der Waals surface area contributed by atoms with Crippen LogP contribution in [0.4, 0.5) is 0 Å². The van der Waals surface area contributed by atoms with Crippen molar-refractivity contribution in [2.75, 3.05) is 0 Å². The topological polar surface area (TPSA) is 59.3 Å². The van der Waals surface area contributed by atoms with Gasteiger partial charge in [-0.05, 0) is 23.9 Å². The zero-order valence-electron chi connectivity index (χ0n) is 8.47. The van der Waals surface area contributed by atoms with Crippen LogP contribution in [0.25, 0.3) is 0 Å². The summed E-state index contributed by atoms with van der Waals surface area (Å²) in [7, 11) is 0. The molecule has 0 fully saturated rings. The lowest BCUT2D eigenvalue weighted by Crippen LogP contribution is -2.16. The summed E-state index contributed by atoms with van der Waals surface area (Å²) in [5, 5.41) is 12.4. The molecule has 4 nitrogen and oxygen atoms in total. The van der Waals surface area contributed by atoms with Crippen molar-refractivity contribution >= 4 is 28.6 Å². The minimum atomic E-state index is -0.939. The number of carboxylic acids is 1. The summed E-state index contributed by atoms with van der Waals surface area (Å²) in [6.07, 6.45) is 0. The Morgan fingerprint density at radius 1 is 1.50 bits per heavy atom. The molecule has 0 saturated heterocycles. The van der Waals surface area contributed by atoms with Crippen molar-refractivity contribution in [1.82, 2.24) is 4.57 Å². The number of thiophene rings is 1. The third-order valence-electron chi connectivity index (χ3n) is 2.25. The molecule has 2 aromatic rings. The number of rotatable bonds is 3. The number of nitrogens with zero attached hydrogens (tertiary/aromatic N) is 1. The Hall–Kier alpha value is -1.40. The summed E-state index contributed by atoms with van der Waals surface area (Å²) in [5.41, 5.74) is 1.54. The van der Waals surface area contributed by atoms with Crippen LogP contribution in [0.1, 0.15) is 20.9 Å². The van der Waals surface area contributed by atoms with Crippen LogP contribution in [-0.2, 0) is 6.54 Å². The fraction of sp³-hybridized carbons (Fsp3) is 0.200. The van der Waals surface area contributed by atoms with Crippen LogP contribution >= 0.6 is 22.7 Å². The molecule has 0 aliphatic rings. The fourth-order valence-corrected chi connectivity index (χ4v) is 2.90. The molecule has 0 unspecified atom stereocenters. The number of hydrogen-bond donors (Lipinski definition) is 1. The number of aryl methyl sites for hydroxylation is 1. The molecule has 0 aliphatic carbocycles. The zero-order chi connectivity index (χ0) is 11.7. The van der Waals surface area contributed by atoms with Gasteiger partial charge >= 0.3 is 10.8 Å². The molecule has 16 heavy (non-hydrogen) atoms. The second-order valence-electron chi connectivity index (χ2n) is 3.31. The monoisotopic (exact) mass is 255 g/mol. The third-order valence-corrected chi connectivity index (χ3v) is 4.07. The van der Waals surface area contributed by atoms with Gasteiger partial charge in [-0.2, -0.15) is 0 Å². The molecular weight excluding hydrogens is 246 g/mol. The quantitative estimate of drug-likeness (QED) is 0.912. The van der Waals surface area contributed by atoms with Crippen LogP contribution in [-0.4, -0.2) is 15.6 Å². The molecule has 0 aromatic carbocycles. The van der Waals surface area contributed by atoms with Gasteiger partial charge in [0.25, 0.3) is 0 Å². The van der Waals surface area contributed by atoms with E-state index >= 15 is 0 Å². The van der Waals surface area contributed by atoms with E-state index in [9.17, 15) is 9.59 Å². The average Bonchev–Trinajstić information content (AvgIpc) is 2.80. The van der Waals surface area contributed by atoms with Gasteiger partial charge in [0, 0.05) is 11.1 Å². The van der Waals surface area contributed by atoms with E-state index < -0.39 is 5.97 Å². The highest BCUT2D eigenvalue weighted by Crippen LogP contribution is 2.18. The Morgan fingerprint density at radius 3 is 2.81 bits per heavy atom. The van der Waals surface area contributed by atoms with E-state index in [0.29, 0.717) is 17.0 Å². The van der Waals surface area contributed by atoms with E-state index in [1.165, 1.54) is 11.3 Å². The van der Waals surface area contributed by atoms with Crippen LogP contribution in [0, 0.1) is 6.92 Å². The van der Waals surface area contributed by atoms with Gasteiger partial charge in [0.05, 0.1) is 6.54 Å². The predicted octanol–water partition coefficient (Wildman–Crippen LogP) is 2.03. The Labute approximate surface area is 99.4 Å². The zero-order valence-corrected chi connectivity index (χ0v) is 10.1. The van der Waals surface area contributed by atoms with Crippen molar-refractivity contribution in [2.45, 2.75) is 13.5 Å². The molecule has 6 heteroatoms. The van der Waals surface area contributed by atoms with E-state index in [1.807, 2.05) is 6.92 Å². The van der Waals surface area contributed by atoms with Gasteiger partial charge < -0.3 is 5.11 Å². The van der Waals surface area contributed by atoms with Crippen molar-refractivity contribution in [2.24, 2.45) is 0 Å². The van der Waals surface area contributed by atoms with Gasteiger partial charge in [-0.15, -0.1) is 11.3 Å². The first-order chi connectivity index (χ1) is 7.59. The minimum absolute atomic E-state index is 0.0555. The summed E-state index contributed by atoms with van der Waals surface area (Å²) < 4.78 is 1.58. The number of aromatic nitrogens is 1. The molecule has 0 amide bonds. The van der Waals surface area contributed by atoms with Crippen LogP contribution in [0.2, 0.25) is 0 Å². The molecule has 0 saturated carbocycles. The maximum Gasteiger partial charge on any atom is 0.346 e. The van der Waals surface area contributed by atoms with Gasteiger partial charge in [-0.25, -0.2) is 4.79 Å². The van der Waals surface area contributed by atoms with E-state index in [4.69, 9.17) is 5.11 Å². The number of hydrogen-bond acceptors (Lipinski definition) is 4. The molecule has 2 aromatic heterocycles. The summed E-state index contributed by atoms with van der Waals surface area (Å²) in [6, 6.07) is 1.75. The second-order valence-corrected chi connectivity index (χ2v) is 5.05. The second kappa shape index (κ2) is 4.23. The molecule has 0 radical (unpaired) electrons. The molecule has 2 heterocycles. The number of carboxylic acid groups (broad SMARTS) is 1. The fourth-order valence-electron chi connectivity index (χ4n) is 1.41. The smallest absolute Gasteiger partial charge is 0.346 e. The average molecular weight is 255 g/mol. The van der Waals surface area contributed by atoms with Crippen molar-refractivity contribution in [3.05, 3.63) is 42.6 Å². The molecular formula is C10H9NO3S2. The van der Waals surface area contributed by atoms with E-state index in [-0.39, 0.29) is 4.87 Å². The highest BCUT2D eigenvalue weighted by molar-refractivity contribution is 7.12. The number of carbonyl (C=O) groups is 1. The van der Waals surface area contributed by atoms with E-state index in [0.717, 1.165) is 17.0 Å². The van der Waals surface area contributed by atoms with E-state index in [1.54, 1.807) is 21.4 Å².